The van der Waals surface area contributed by atoms with Gasteiger partial charge in [-0.3, -0.25) is 15.6 Å². The molecule has 1 fully saturated rings. The van der Waals surface area contributed by atoms with Gasteiger partial charge in [-0.05, 0) is 56.2 Å². The number of amides is 1. The van der Waals surface area contributed by atoms with E-state index in [1.54, 1.807) is 19.1 Å². The van der Waals surface area contributed by atoms with Gasteiger partial charge >= 0.3 is 0 Å². The van der Waals surface area contributed by atoms with Crippen molar-refractivity contribution in [2.75, 3.05) is 5.43 Å². The van der Waals surface area contributed by atoms with E-state index < -0.39 is 15.9 Å². The highest BCUT2D eigenvalue weighted by molar-refractivity contribution is 7.89. The average molecular weight is 412 g/mol. The molecule has 1 aromatic heterocycles. The molecule has 4 rings (SSSR count). The van der Waals surface area contributed by atoms with Gasteiger partial charge in [-0.25, -0.2) is 18.1 Å². The summed E-state index contributed by atoms with van der Waals surface area (Å²) in [6, 6.07) is 15.5. The third-order valence-corrected chi connectivity index (χ3v) is 5.95. The van der Waals surface area contributed by atoms with E-state index >= 15 is 0 Å². The molecular weight excluding hydrogens is 392 g/mol. The van der Waals surface area contributed by atoms with Crippen LogP contribution in [-0.4, -0.2) is 25.4 Å². The Balaban J connectivity index is 1.40. The first-order valence-corrected chi connectivity index (χ1v) is 10.6. The molecule has 0 bridgehead atoms. The van der Waals surface area contributed by atoms with Crippen LogP contribution in [0.1, 0.15) is 29.1 Å². The minimum absolute atomic E-state index is 0.0450. The second kappa shape index (κ2) is 7.69. The first-order valence-electron chi connectivity index (χ1n) is 9.14. The molecular formula is C20H20N4O4S. The quantitative estimate of drug-likeness (QED) is 0.514. The van der Waals surface area contributed by atoms with Crippen LogP contribution in [0.25, 0.3) is 11.5 Å². The van der Waals surface area contributed by atoms with Crippen LogP contribution >= 0.6 is 0 Å². The van der Waals surface area contributed by atoms with Crippen molar-refractivity contribution >= 4 is 21.6 Å². The van der Waals surface area contributed by atoms with Gasteiger partial charge in [0.2, 0.25) is 15.9 Å². The number of sulfonamides is 1. The predicted octanol–water partition coefficient (Wildman–Crippen LogP) is 2.85. The summed E-state index contributed by atoms with van der Waals surface area (Å²) in [6.45, 7) is 1.67. The number of carbonyl (C=O) groups is 1. The van der Waals surface area contributed by atoms with Gasteiger partial charge < -0.3 is 4.42 Å². The summed E-state index contributed by atoms with van der Waals surface area (Å²) in [6.07, 6.45) is 1.75. The summed E-state index contributed by atoms with van der Waals surface area (Å²) in [5, 5.41) is 0. The standard InChI is InChI=1S/C20H20N4O4S/c1-13-18(21-20(28-13)14-5-3-2-4-6-14)19(25)23-22-15-9-11-17(12-10-15)29(26,27)24-16-7-8-16/h2-6,9-12,16,22,24H,7-8H2,1H3,(H,23,25). The van der Waals surface area contributed by atoms with Crippen molar-refractivity contribution < 1.29 is 17.6 Å². The molecule has 1 heterocycles. The number of hydrogen-bond donors (Lipinski definition) is 3. The van der Waals surface area contributed by atoms with Gasteiger partial charge in [0, 0.05) is 11.6 Å². The molecule has 1 aliphatic carbocycles. The highest BCUT2D eigenvalue weighted by atomic mass is 32.2. The second-order valence-electron chi connectivity index (χ2n) is 6.79. The highest BCUT2D eigenvalue weighted by Gasteiger charge is 2.27. The Kier molecular flexibility index (Phi) is 5.08. The number of nitrogens with zero attached hydrogens (tertiary/aromatic N) is 1. The maximum absolute atomic E-state index is 12.4. The summed E-state index contributed by atoms with van der Waals surface area (Å²) < 4.78 is 32.6. The Morgan fingerprint density at radius 2 is 1.76 bits per heavy atom. The fourth-order valence-electron chi connectivity index (χ4n) is 2.71. The maximum atomic E-state index is 12.4. The largest absolute Gasteiger partial charge is 0.441 e. The molecule has 1 saturated carbocycles. The van der Waals surface area contributed by atoms with Crippen LogP contribution < -0.4 is 15.6 Å². The van der Waals surface area contributed by atoms with Crippen molar-refractivity contribution in [1.82, 2.24) is 15.1 Å². The van der Waals surface area contributed by atoms with Crippen LogP contribution in [0.3, 0.4) is 0 Å². The molecule has 9 heteroatoms. The number of rotatable bonds is 7. The van der Waals surface area contributed by atoms with Gasteiger partial charge in [-0.2, -0.15) is 0 Å². The average Bonchev–Trinajstić information content (AvgIpc) is 3.44. The molecule has 0 unspecified atom stereocenters. The van der Waals surface area contributed by atoms with E-state index in [-0.39, 0.29) is 16.6 Å². The number of oxazole rings is 1. The number of carbonyl (C=O) groups excluding carboxylic acids is 1. The fraction of sp³-hybridized carbons (Fsp3) is 0.200. The number of nitrogens with one attached hydrogen (secondary N) is 3. The molecule has 1 aliphatic rings. The Bertz CT molecular complexity index is 1120. The minimum Gasteiger partial charge on any atom is -0.441 e. The lowest BCUT2D eigenvalue weighted by Gasteiger charge is -2.09. The van der Waals surface area contributed by atoms with Crippen molar-refractivity contribution in [2.45, 2.75) is 30.7 Å². The topological polar surface area (TPSA) is 113 Å². The number of hydrogen-bond acceptors (Lipinski definition) is 6. The Labute approximate surface area is 168 Å². The summed E-state index contributed by atoms with van der Waals surface area (Å²) in [5.41, 5.74) is 6.78. The van der Waals surface area contributed by atoms with E-state index in [4.69, 9.17) is 4.42 Å². The van der Waals surface area contributed by atoms with Crippen molar-refractivity contribution in [3.8, 4) is 11.5 Å². The van der Waals surface area contributed by atoms with E-state index in [9.17, 15) is 13.2 Å². The van der Waals surface area contributed by atoms with Crippen molar-refractivity contribution in [2.24, 2.45) is 0 Å². The zero-order valence-corrected chi connectivity index (χ0v) is 16.5. The number of benzene rings is 2. The molecule has 3 N–H and O–H groups in total. The van der Waals surface area contributed by atoms with Crippen LogP contribution in [0.2, 0.25) is 0 Å². The number of aryl methyl sites for hydroxylation is 1. The molecule has 0 spiro atoms. The molecule has 0 radical (unpaired) electrons. The molecule has 8 nitrogen and oxygen atoms in total. The molecule has 0 atom stereocenters. The highest BCUT2D eigenvalue weighted by Crippen LogP contribution is 2.23. The van der Waals surface area contributed by atoms with Crippen molar-refractivity contribution in [1.29, 1.82) is 0 Å². The first kappa shape index (κ1) is 19.2. The third-order valence-electron chi connectivity index (χ3n) is 4.42. The lowest BCUT2D eigenvalue weighted by Crippen LogP contribution is -2.30. The normalized spacial score (nSPS) is 13.8. The van der Waals surface area contributed by atoms with Crippen LogP contribution in [0, 0.1) is 6.92 Å². The molecule has 2 aromatic carbocycles. The Hall–Kier alpha value is -3.17. The number of hydrazine groups is 1. The lowest BCUT2D eigenvalue weighted by atomic mass is 10.2. The van der Waals surface area contributed by atoms with Gasteiger partial charge in [0.25, 0.3) is 5.91 Å². The smallest absolute Gasteiger partial charge is 0.291 e. The predicted molar refractivity (Wildman–Crippen MR) is 108 cm³/mol. The maximum Gasteiger partial charge on any atom is 0.291 e. The fourth-order valence-corrected chi connectivity index (χ4v) is 4.01. The van der Waals surface area contributed by atoms with Gasteiger partial charge in [0.15, 0.2) is 5.69 Å². The summed E-state index contributed by atoms with van der Waals surface area (Å²) in [5.74, 6) is 0.308. The molecule has 1 amide bonds. The van der Waals surface area contributed by atoms with Crippen LogP contribution in [0.15, 0.2) is 63.9 Å². The summed E-state index contributed by atoms with van der Waals surface area (Å²) >= 11 is 0. The van der Waals surface area contributed by atoms with Crippen LogP contribution in [0.5, 0.6) is 0 Å². The van der Waals surface area contributed by atoms with Crippen molar-refractivity contribution in [3.63, 3.8) is 0 Å². The second-order valence-corrected chi connectivity index (χ2v) is 8.50. The van der Waals surface area contributed by atoms with Gasteiger partial charge in [0.1, 0.15) is 5.76 Å². The Morgan fingerprint density at radius 1 is 1.07 bits per heavy atom. The van der Waals surface area contributed by atoms with Gasteiger partial charge in [-0.1, -0.05) is 18.2 Å². The van der Waals surface area contributed by atoms with E-state index in [1.807, 2.05) is 30.3 Å². The molecule has 3 aromatic rings. The summed E-state index contributed by atoms with van der Waals surface area (Å²) in [7, 11) is -3.50. The third kappa shape index (κ3) is 4.47. The Morgan fingerprint density at radius 3 is 2.41 bits per heavy atom. The van der Waals surface area contributed by atoms with Gasteiger partial charge in [0.05, 0.1) is 10.6 Å². The van der Waals surface area contributed by atoms with Crippen LogP contribution in [-0.2, 0) is 10.0 Å². The van der Waals surface area contributed by atoms with E-state index in [0.29, 0.717) is 17.3 Å². The molecule has 0 aliphatic heterocycles. The number of aromatic nitrogens is 1. The SMILES string of the molecule is Cc1oc(-c2ccccc2)nc1C(=O)NNc1ccc(S(=O)(=O)NC2CC2)cc1. The van der Waals surface area contributed by atoms with Crippen LogP contribution in [0.4, 0.5) is 5.69 Å². The molecule has 150 valence electrons. The van der Waals surface area contributed by atoms with E-state index in [0.717, 1.165) is 18.4 Å². The van der Waals surface area contributed by atoms with Crippen molar-refractivity contribution in [3.05, 3.63) is 66.1 Å². The zero-order valence-electron chi connectivity index (χ0n) is 15.7. The summed E-state index contributed by atoms with van der Waals surface area (Å²) in [4.78, 5) is 16.9. The van der Waals surface area contributed by atoms with E-state index in [1.165, 1.54) is 12.1 Å². The molecule has 0 saturated heterocycles. The van der Waals surface area contributed by atoms with E-state index in [2.05, 4.69) is 20.6 Å². The minimum atomic E-state index is -3.50. The monoisotopic (exact) mass is 412 g/mol. The molecule has 29 heavy (non-hydrogen) atoms. The van der Waals surface area contributed by atoms with Gasteiger partial charge in [-0.15, -0.1) is 0 Å². The lowest BCUT2D eigenvalue weighted by molar-refractivity contribution is 0.0957. The zero-order chi connectivity index (χ0) is 20.4. The first-order chi connectivity index (χ1) is 13.9. The number of anilines is 1.